The first-order valence-electron chi connectivity index (χ1n) is 0.285. The Hall–Kier alpha value is 0.699. The first-order valence-corrected chi connectivity index (χ1v) is 2.33. The molecule has 0 aromatic carbocycles. The van der Waals surface area contributed by atoms with Crippen LogP contribution >= 0.6 is 12.4 Å². The molecule has 0 radical (unpaired) electrons. The van der Waals surface area contributed by atoms with Gasteiger partial charge in [-0.25, -0.2) is 0 Å². The zero-order chi connectivity index (χ0) is 2.71. The van der Waals surface area contributed by atoms with E-state index in [2.05, 4.69) is 0 Å². The Morgan fingerprint density at radius 1 is 1.75 bits per heavy atom. The fourth-order valence-corrected chi connectivity index (χ4v) is 0. The third kappa shape index (κ3) is 15.9. The molecule has 0 bridgehead atoms. The summed E-state index contributed by atoms with van der Waals surface area (Å²) in [5, 5.41) is 0. The Kier molecular flexibility index (Phi) is 20.6. The zero-order valence-corrected chi connectivity index (χ0v) is 4.81. The second-order valence-electron chi connectivity index (χ2n) is 0.0609. The van der Waals surface area contributed by atoms with E-state index in [0.29, 0.717) is 0 Å². The molecular formula is H2ClIrO2. The normalized spacial score (nSPS) is 5.25. The van der Waals surface area contributed by atoms with Crippen LogP contribution in [0.15, 0.2) is 0 Å². The summed E-state index contributed by atoms with van der Waals surface area (Å²) < 4.78 is 15.8. The van der Waals surface area contributed by atoms with Gasteiger partial charge in [0.15, 0.2) is 0 Å². The van der Waals surface area contributed by atoms with Crippen LogP contribution in [0.3, 0.4) is 0 Å². The quantitative estimate of drug-likeness (QED) is 0.653. The summed E-state index contributed by atoms with van der Waals surface area (Å²) in [7, 11) is 0. The SMILES string of the molecule is Cl.[O]=[Ir][OH]. The Morgan fingerprint density at radius 2 is 1.75 bits per heavy atom. The predicted octanol–water partition coefficient (Wildman–Crippen LogP) is -0.256. The van der Waals surface area contributed by atoms with E-state index < -0.39 is 18.0 Å². The molecule has 0 aliphatic carbocycles. The Labute approximate surface area is 38.3 Å². The second kappa shape index (κ2) is 9.33. The van der Waals surface area contributed by atoms with Gasteiger partial charge in [0.1, 0.15) is 0 Å². The molecule has 0 unspecified atom stereocenters. The third-order valence-electron chi connectivity index (χ3n) is 0. The summed E-state index contributed by atoms with van der Waals surface area (Å²) in [6.07, 6.45) is 0. The molecule has 0 amide bonds. The van der Waals surface area contributed by atoms with Crippen LogP contribution in [0.1, 0.15) is 0 Å². The van der Waals surface area contributed by atoms with Crippen LogP contribution in [0.4, 0.5) is 0 Å². The van der Waals surface area contributed by atoms with E-state index in [9.17, 15) is 0 Å². The van der Waals surface area contributed by atoms with Gasteiger partial charge in [0.25, 0.3) is 0 Å². The summed E-state index contributed by atoms with van der Waals surface area (Å²) in [6.45, 7) is 0. The summed E-state index contributed by atoms with van der Waals surface area (Å²) >= 11 is -1.75. The molecule has 0 saturated heterocycles. The van der Waals surface area contributed by atoms with Gasteiger partial charge in [-0.15, -0.1) is 12.4 Å². The number of hydrogen-bond acceptors (Lipinski definition) is 1. The molecule has 0 fully saturated rings. The summed E-state index contributed by atoms with van der Waals surface area (Å²) in [4.78, 5) is 0. The second-order valence-corrected chi connectivity index (χ2v) is 0.498. The molecule has 0 aromatic heterocycles. The molecule has 0 aliphatic rings. The zero-order valence-electron chi connectivity index (χ0n) is 1.60. The topological polar surface area (TPSA) is 37.3 Å². The van der Waals surface area contributed by atoms with E-state index in [0.717, 1.165) is 0 Å². The van der Waals surface area contributed by atoms with Crippen molar-refractivity contribution in [3.8, 4) is 0 Å². The molecule has 0 aromatic rings. The Balaban J connectivity index is 0. The molecule has 0 rings (SSSR count). The first-order chi connectivity index (χ1) is 1.41. The Morgan fingerprint density at radius 3 is 1.75 bits per heavy atom. The molecule has 0 spiro atoms. The monoisotopic (exact) mass is 262 g/mol. The average molecular weight is 262 g/mol. The number of hydrogen-bond donors (Lipinski definition) is 1. The van der Waals surface area contributed by atoms with Crippen molar-refractivity contribution in [2.75, 3.05) is 0 Å². The Bertz CT molecular complexity index is 13.5. The van der Waals surface area contributed by atoms with Gasteiger partial charge in [-0.05, 0) is 0 Å². The van der Waals surface area contributed by atoms with Crippen LogP contribution in [0.5, 0.6) is 0 Å². The van der Waals surface area contributed by atoms with Gasteiger partial charge in [0, 0.05) is 0 Å². The van der Waals surface area contributed by atoms with Gasteiger partial charge >= 0.3 is 25.4 Å². The number of rotatable bonds is 0. The van der Waals surface area contributed by atoms with E-state index >= 15 is 0 Å². The maximum atomic E-state index is 8.61. The van der Waals surface area contributed by atoms with Crippen LogP contribution < -0.4 is 0 Å². The molecule has 0 saturated carbocycles. The van der Waals surface area contributed by atoms with Gasteiger partial charge in [0.05, 0.1) is 0 Å². The fourth-order valence-electron chi connectivity index (χ4n) is 0. The predicted molar refractivity (Wildman–Crippen MR) is 10.2 cm³/mol. The molecule has 0 atom stereocenters. The summed E-state index contributed by atoms with van der Waals surface area (Å²) in [5.41, 5.74) is 0. The van der Waals surface area contributed by atoms with Gasteiger partial charge in [0.2, 0.25) is 0 Å². The van der Waals surface area contributed by atoms with Crippen molar-refractivity contribution >= 4 is 12.4 Å². The third-order valence-corrected chi connectivity index (χ3v) is 0. The van der Waals surface area contributed by atoms with Crippen molar-refractivity contribution in [1.82, 2.24) is 0 Å². The van der Waals surface area contributed by atoms with Crippen LogP contribution in [0.25, 0.3) is 0 Å². The van der Waals surface area contributed by atoms with Gasteiger partial charge in [-0.3, -0.25) is 0 Å². The maximum absolute atomic E-state index is 8.61. The van der Waals surface area contributed by atoms with Crippen LogP contribution in [0.2, 0.25) is 0 Å². The van der Waals surface area contributed by atoms with E-state index in [1.807, 2.05) is 0 Å². The molecule has 30 valence electrons. The van der Waals surface area contributed by atoms with Gasteiger partial charge in [-0.2, -0.15) is 0 Å². The van der Waals surface area contributed by atoms with Crippen molar-refractivity contribution < 1.29 is 25.4 Å². The molecule has 0 aliphatic heterocycles. The molecule has 4 heteroatoms. The van der Waals surface area contributed by atoms with Crippen molar-refractivity contribution in [3.05, 3.63) is 0 Å². The van der Waals surface area contributed by atoms with Crippen molar-refractivity contribution in [3.63, 3.8) is 0 Å². The average Bonchev–Trinajstić information content (AvgIpc) is 0.918. The van der Waals surface area contributed by atoms with E-state index in [1.165, 1.54) is 0 Å². The van der Waals surface area contributed by atoms with Crippen molar-refractivity contribution in [2.24, 2.45) is 0 Å². The fraction of sp³-hybridized carbons (Fsp3) is 0. The molecular weight excluding hydrogens is 260 g/mol. The standard InChI is InChI=1S/ClH.Ir.H2O.O/h1H;;1H2;/q;+1;;/p-1. The van der Waals surface area contributed by atoms with Crippen LogP contribution in [-0.4, -0.2) is 3.86 Å². The molecule has 1 N–H and O–H groups in total. The van der Waals surface area contributed by atoms with E-state index in [1.54, 1.807) is 0 Å². The van der Waals surface area contributed by atoms with Gasteiger partial charge in [-0.1, -0.05) is 0 Å². The minimum atomic E-state index is -1.75. The number of halogens is 1. The summed E-state index contributed by atoms with van der Waals surface area (Å²) in [6, 6.07) is 0. The van der Waals surface area contributed by atoms with Crippen molar-refractivity contribution in [1.29, 1.82) is 0 Å². The molecule has 0 heterocycles. The van der Waals surface area contributed by atoms with Crippen molar-refractivity contribution in [2.45, 2.75) is 0 Å². The van der Waals surface area contributed by atoms with E-state index in [-0.39, 0.29) is 12.4 Å². The van der Waals surface area contributed by atoms with Crippen LogP contribution in [0, 0.1) is 0 Å². The summed E-state index contributed by atoms with van der Waals surface area (Å²) in [5.74, 6) is 0. The van der Waals surface area contributed by atoms with Gasteiger partial charge < -0.3 is 0 Å². The van der Waals surface area contributed by atoms with E-state index in [4.69, 9.17) is 7.37 Å². The molecule has 4 heavy (non-hydrogen) atoms. The minimum absolute atomic E-state index is 0. The molecule has 2 nitrogen and oxygen atoms in total. The van der Waals surface area contributed by atoms with Crippen LogP contribution in [-0.2, 0) is 21.5 Å². The first kappa shape index (κ1) is 8.83.